The first-order valence-corrected chi connectivity index (χ1v) is 11.6. The molecule has 0 aromatic carbocycles. The average Bonchev–Trinajstić information content (AvgIpc) is 3.16. The molecular weight excluding hydrogens is 411 g/mol. The topological polar surface area (TPSA) is 121 Å². The normalized spacial score (nSPS) is 36.8. The van der Waals surface area contributed by atoms with E-state index >= 15 is 0 Å². The van der Waals surface area contributed by atoms with Crippen LogP contribution in [-0.4, -0.2) is 78.5 Å². The minimum absolute atomic E-state index is 0.0479. The molecule has 0 saturated carbocycles. The third-order valence-corrected chi connectivity index (χ3v) is 6.81. The van der Waals surface area contributed by atoms with Crippen LogP contribution in [0.2, 0.25) is 0 Å². The molecule has 2 unspecified atom stereocenters. The maximum Gasteiger partial charge on any atom is 0.475 e. The molecule has 2 rings (SSSR count). The Morgan fingerprint density at radius 1 is 1.25 bits per heavy atom. The van der Waals surface area contributed by atoms with Crippen LogP contribution in [0.1, 0.15) is 36.4 Å². The minimum Gasteiger partial charge on any atom is -0.394 e. The van der Waals surface area contributed by atoms with Gasteiger partial charge in [0.1, 0.15) is 18.3 Å². The Kier molecular flexibility index (Phi) is 8.21. The summed E-state index contributed by atoms with van der Waals surface area (Å²) < 4.78 is 55.0. The molecule has 2 heterocycles. The number of hydrogen-bond acceptors (Lipinski definition) is 10. The van der Waals surface area contributed by atoms with E-state index in [4.69, 9.17) is 25.8 Å². The van der Waals surface area contributed by atoms with E-state index in [-0.39, 0.29) is 36.9 Å². The lowest BCUT2D eigenvalue weighted by atomic mass is 10.00. The molecule has 164 valence electrons. The minimum atomic E-state index is -4.20. The Labute approximate surface area is 172 Å². The summed E-state index contributed by atoms with van der Waals surface area (Å²) >= 11 is 1.04. The van der Waals surface area contributed by atoms with E-state index < -0.39 is 57.4 Å². The SMILES string of the molecule is [3H][C@@H]1CC(O[P@@](=O)(OCCSC(=O)C(C)(C)C)OC[C@H]2O[C@@H]([3H])CC2O)[C@@H](CO)O1. The van der Waals surface area contributed by atoms with Crippen molar-refractivity contribution >= 4 is 24.7 Å². The standard InChI is InChI=1S/C17H31O9PS/c1-17(2,3)16(20)28-9-8-24-27(21,25-11-15-12(19)4-6-23-15)26-13-5-7-22-14(13)10-18/h12-15,18-19H,4-11H2,1-3H3/t12?,13?,14-,15-,27+/m1/s1/i6T,7T/t6-,7+,12?,13?,14+,15+,27-/m0. The van der Waals surface area contributed by atoms with Crippen molar-refractivity contribution < 1.29 is 45.4 Å². The first-order chi connectivity index (χ1) is 13.9. The Morgan fingerprint density at radius 3 is 2.54 bits per heavy atom. The van der Waals surface area contributed by atoms with Crippen molar-refractivity contribution in [2.75, 3.05) is 38.7 Å². The van der Waals surface area contributed by atoms with Crippen molar-refractivity contribution in [1.29, 1.82) is 0 Å². The van der Waals surface area contributed by atoms with Crippen LogP contribution in [0, 0.1) is 5.41 Å². The van der Waals surface area contributed by atoms with Crippen molar-refractivity contribution in [2.45, 2.75) is 58.0 Å². The molecule has 9 nitrogen and oxygen atoms in total. The molecule has 2 aliphatic rings. The second-order valence-corrected chi connectivity index (χ2v) is 10.2. The molecule has 0 aromatic rings. The summed E-state index contributed by atoms with van der Waals surface area (Å²) in [5.41, 5.74) is -0.525. The fourth-order valence-electron chi connectivity index (χ4n) is 2.38. The second kappa shape index (κ2) is 10.8. The highest BCUT2D eigenvalue weighted by atomic mass is 32.2. The number of carbonyl (C=O) groups excluding carboxylic acids is 1. The van der Waals surface area contributed by atoms with Crippen molar-refractivity contribution in [3.8, 4) is 0 Å². The number of rotatable bonds is 10. The van der Waals surface area contributed by atoms with Gasteiger partial charge in [-0.05, 0) is 6.42 Å². The smallest absolute Gasteiger partial charge is 0.394 e. The Balaban J connectivity index is 1.96. The quantitative estimate of drug-likeness (QED) is 0.379. The zero-order valence-electron chi connectivity index (χ0n) is 18.3. The lowest BCUT2D eigenvalue weighted by molar-refractivity contribution is -0.117. The van der Waals surface area contributed by atoms with E-state index in [9.17, 15) is 19.6 Å². The first kappa shape index (κ1) is 21.2. The number of carbonyl (C=O) groups is 1. The van der Waals surface area contributed by atoms with Gasteiger partial charge in [-0.1, -0.05) is 32.5 Å². The van der Waals surface area contributed by atoms with E-state index in [0.29, 0.717) is 0 Å². The maximum absolute atomic E-state index is 13.2. The van der Waals surface area contributed by atoms with Crippen molar-refractivity contribution in [3.05, 3.63) is 0 Å². The molecule has 2 N–H and O–H groups in total. The van der Waals surface area contributed by atoms with Gasteiger partial charge in [0.2, 0.25) is 0 Å². The highest BCUT2D eigenvalue weighted by Gasteiger charge is 2.39. The monoisotopic (exact) mass is 446 g/mol. The van der Waals surface area contributed by atoms with Gasteiger partial charge in [-0.2, -0.15) is 0 Å². The predicted octanol–water partition coefficient (Wildman–Crippen LogP) is 1.75. The van der Waals surface area contributed by atoms with Gasteiger partial charge >= 0.3 is 7.82 Å². The zero-order chi connectivity index (χ0) is 22.5. The molecule has 0 spiro atoms. The molecule has 2 saturated heterocycles. The van der Waals surface area contributed by atoms with E-state index in [1.165, 1.54) is 0 Å². The van der Waals surface area contributed by atoms with Crippen LogP contribution in [-0.2, 0) is 32.4 Å². The van der Waals surface area contributed by atoms with Crippen LogP contribution in [0.4, 0.5) is 0 Å². The Morgan fingerprint density at radius 2 is 1.93 bits per heavy atom. The van der Waals surface area contributed by atoms with Crippen molar-refractivity contribution in [1.82, 2.24) is 0 Å². The number of hydrogen-bond donors (Lipinski definition) is 2. The van der Waals surface area contributed by atoms with E-state index in [0.717, 1.165) is 11.8 Å². The number of ether oxygens (including phenoxy) is 2. The van der Waals surface area contributed by atoms with E-state index in [2.05, 4.69) is 0 Å². The van der Waals surface area contributed by atoms with Crippen LogP contribution >= 0.6 is 19.6 Å². The molecule has 0 amide bonds. The van der Waals surface area contributed by atoms with Crippen molar-refractivity contribution in [2.24, 2.45) is 5.41 Å². The lowest BCUT2D eigenvalue weighted by Gasteiger charge is -2.25. The average molecular weight is 446 g/mol. The molecular formula is C17H31O9PS. The summed E-state index contributed by atoms with van der Waals surface area (Å²) in [4.78, 5) is 12.0. The van der Waals surface area contributed by atoms with Gasteiger partial charge in [-0.3, -0.25) is 18.4 Å². The second-order valence-electron chi connectivity index (χ2n) is 7.51. The maximum atomic E-state index is 13.2. The third-order valence-electron chi connectivity index (χ3n) is 4.07. The van der Waals surface area contributed by atoms with Gasteiger partial charge in [-0.15, -0.1) is 0 Å². The summed E-state index contributed by atoms with van der Waals surface area (Å²) in [6.45, 7) is 2.66. The molecule has 2 fully saturated rings. The summed E-state index contributed by atoms with van der Waals surface area (Å²) in [6, 6.07) is 0. The summed E-state index contributed by atoms with van der Waals surface area (Å²) in [5.74, 6) is 0.218. The summed E-state index contributed by atoms with van der Waals surface area (Å²) in [5, 5.41) is 19.2. The lowest BCUT2D eigenvalue weighted by Crippen LogP contribution is -2.29. The van der Waals surface area contributed by atoms with Gasteiger partial charge in [0.05, 0.1) is 28.7 Å². The third kappa shape index (κ3) is 7.34. The van der Waals surface area contributed by atoms with Crippen molar-refractivity contribution in [3.63, 3.8) is 0 Å². The van der Waals surface area contributed by atoms with Crippen LogP contribution in [0.3, 0.4) is 0 Å². The highest BCUT2D eigenvalue weighted by Crippen LogP contribution is 2.52. The largest absolute Gasteiger partial charge is 0.475 e. The zero-order valence-corrected chi connectivity index (χ0v) is 18.0. The highest BCUT2D eigenvalue weighted by molar-refractivity contribution is 8.13. The molecule has 7 atom stereocenters. The Hall–Kier alpha value is -0.0300. The van der Waals surface area contributed by atoms with Gasteiger partial charge in [-0.25, -0.2) is 4.57 Å². The molecule has 11 heteroatoms. The van der Waals surface area contributed by atoms with Crippen LogP contribution in [0.25, 0.3) is 0 Å². The molecule has 0 radical (unpaired) electrons. The summed E-state index contributed by atoms with van der Waals surface area (Å²) in [6.07, 6.45) is -3.37. The molecule has 28 heavy (non-hydrogen) atoms. The van der Waals surface area contributed by atoms with E-state index in [1.54, 1.807) is 20.8 Å². The fourth-order valence-corrected chi connectivity index (χ4v) is 4.69. The molecule has 0 aromatic heterocycles. The Bertz CT molecular complexity index is 621. The first-order valence-electron chi connectivity index (χ1n) is 10.3. The fraction of sp³-hybridized carbons (Fsp3) is 0.941. The van der Waals surface area contributed by atoms with Gasteiger partial charge in [0.25, 0.3) is 0 Å². The number of phosphoric ester groups is 1. The van der Waals surface area contributed by atoms with Gasteiger partial charge < -0.3 is 19.7 Å². The van der Waals surface area contributed by atoms with Crippen LogP contribution < -0.4 is 0 Å². The van der Waals surface area contributed by atoms with Crippen LogP contribution in [0.5, 0.6) is 0 Å². The van der Waals surface area contributed by atoms with Crippen LogP contribution in [0.15, 0.2) is 0 Å². The van der Waals surface area contributed by atoms with Gasteiger partial charge in [0.15, 0.2) is 5.12 Å². The predicted molar refractivity (Wildman–Crippen MR) is 103 cm³/mol. The number of aliphatic hydroxyl groups excluding tert-OH is 2. The molecule has 0 bridgehead atoms. The molecule has 0 aliphatic carbocycles. The summed E-state index contributed by atoms with van der Waals surface area (Å²) in [7, 11) is -4.20. The number of aliphatic hydroxyl groups is 2. The molecule has 2 aliphatic heterocycles. The number of phosphoric acid groups is 1. The van der Waals surface area contributed by atoms with Gasteiger partial charge in [0, 0.05) is 30.8 Å². The van der Waals surface area contributed by atoms with E-state index in [1.807, 2.05) is 0 Å². The number of thioether (sulfide) groups is 1.